The van der Waals surface area contributed by atoms with E-state index in [9.17, 15) is 0 Å². The number of nitrogens with two attached hydrogens (primary N) is 1. The molecule has 4 heteroatoms. The van der Waals surface area contributed by atoms with Crippen molar-refractivity contribution in [3.8, 4) is 0 Å². The van der Waals surface area contributed by atoms with Crippen LogP contribution in [0.2, 0.25) is 0 Å². The van der Waals surface area contributed by atoms with Crippen LogP contribution >= 0.6 is 27.3 Å². The molecule has 1 heterocycles. The second-order valence-electron chi connectivity index (χ2n) is 5.25. The molecule has 1 aromatic carbocycles. The molecule has 0 unspecified atom stereocenters. The molecule has 2 aromatic rings. The number of benzene rings is 1. The minimum atomic E-state index is 0.695. The predicted octanol–water partition coefficient (Wildman–Crippen LogP) is 4.18. The standard InChI is InChI=1S/C16H19BrN2S/c17-13-3-6-16(12(10-13)7-8-18)19(14-4-5-14)11-15-2-1-9-20-15/h1-3,6,9-10,14H,4-5,7-8,11,18H2. The third-order valence-corrected chi connectivity index (χ3v) is 5.01. The highest BCUT2D eigenvalue weighted by Gasteiger charge is 2.30. The second kappa shape index (κ2) is 6.29. The van der Waals surface area contributed by atoms with Crippen LogP contribution in [0.5, 0.6) is 0 Å². The van der Waals surface area contributed by atoms with Crippen LogP contribution in [0.1, 0.15) is 23.3 Å². The van der Waals surface area contributed by atoms with Gasteiger partial charge in [0, 0.05) is 21.1 Å². The molecule has 2 nitrogen and oxygen atoms in total. The van der Waals surface area contributed by atoms with E-state index < -0.39 is 0 Å². The highest BCUT2D eigenvalue weighted by atomic mass is 79.9. The molecule has 3 rings (SSSR count). The summed E-state index contributed by atoms with van der Waals surface area (Å²) >= 11 is 5.41. The highest BCUT2D eigenvalue weighted by Crippen LogP contribution is 2.36. The zero-order valence-electron chi connectivity index (χ0n) is 11.4. The SMILES string of the molecule is NCCc1cc(Br)ccc1N(Cc1cccs1)C1CC1. The molecule has 2 N–H and O–H groups in total. The Bertz CT molecular complexity index is 564. The first-order valence-corrected chi connectivity index (χ1v) is 8.72. The topological polar surface area (TPSA) is 29.3 Å². The first kappa shape index (κ1) is 14.1. The molecular weight excluding hydrogens is 332 g/mol. The maximum Gasteiger partial charge on any atom is 0.0526 e. The molecule has 1 aliphatic rings. The highest BCUT2D eigenvalue weighted by molar-refractivity contribution is 9.10. The fourth-order valence-electron chi connectivity index (χ4n) is 2.56. The minimum Gasteiger partial charge on any atom is -0.363 e. The van der Waals surface area contributed by atoms with E-state index in [1.54, 1.807) is 0 Å². The summed E-state index contributed by atoms with van der Waals surface area (Å²) in [5.41, 5.74) is 8.48. The van der Waals surface area contributed by atoms with Crippen molar-refractivity contribution in [3.63, 3.8) is 0 Å². The lowest BCUT2D eigenvalue weighted by atomic mass is 10.1. The van der Waals surface area contributed by atoms with Gasteiger partial charge in [0.25, 0.3) is 0 Å². The second-order valence-corrected chi connectivity index (χ2v) is 7.20. The molecule has 0 bridgehead atoms. The number of hydrogen-bond acceptors (Lipinski definition) is 3. The van der Waals surface area contributed by atoms with Gasteiger partial charge >= 0.3 is 0 Å². The number of rotatable bonds is 6. The first-order chi connectivity index (χ1) is 9.78. The van der Waals surface area contributed by atoms with Crippen LogP contribution in [-0.4, -0.2) is 12.6 Å². The molecule has 1 aromatic heterocycles. The molecule has 1 saturated carbocycles. The van der Waals surface area contributed by atoms with E-state index in [2.05, 4.69) is 56.5 Å². The van der Waals surface area contributed by atoms with Crippen LogP contribution in [0.3, 0.4) is 0 Å². The number of nitrogens with zero attached hydrogens (tertiary/aromatic N) is 1. The largest absolute Gasteiger partial charge is 0.363 e. The smallest absolute Gasteiger partial charge is 0.0526 e. The average molecular weight is 351 g/mol. The molecule has 1 fully saturated rings. The van der Waals surface area contributed by atoms with E-state index in [0.717, 1.165) is 17.4 Å². The van der Waals surface area contributed by atoms with E-state index >= 15 is 0 Å². The molecule has 0 aliphatic heterocycles. The van der Waals surface area contributed by atoms with Crippen molar-refractivity contribution in [2.24, 2.45) is 5.73 Å². The lowest BCUT2D eigenvalue weighted by molar-refractivity contribution is 0.792. The Labute approximate surface area is 132 Å². The Morgan fingerprint density at radius 1 is 1.30 bits per heavy atom. The summed E-state index contributed by atoms with van der Waals surface area (Å²) in [6, 6.07) is 11.6. The maximum atomic E-state index is 5.78. The van der Waals surface area contributed by atoms with E-state index in [4.69, 9.17) is 5.73 Å². The van der Waals surface area contributed by atoms with Gasteiger partial charge in [-0.1, -0.05) is 22.0 Å². The molecule has 20 heavy (non-hydrogen) atoms. The summed E-state index contributed by atoms with van der Waals surface area (Å²) in [7, 11) is 0. The van der Waals surface area contributed by atoms with E-state index in [-0.39, 0.29) is 0 Å². The Morgan fingerprint density at radius 2 is 2.15 bits per heavy atom. The minimum absolute atomic E-state index is 0.695. The molecule has 0 amide bonds. The van der Waals surface area contributed by atoms with E-state index in [1.807, 2.05) is 11.3 Å². The maximum absolute atomic E-state index is 5.78. The van der Waals surface area contributed by atoms with Crippen LogP contribution in [0.15, 0.2) is 40.2 Å². The fourth-order valence-corrected chi connectivity index (χ4v) is 3.67. The van der Waals surface area contributed by atoms with Crippen LogP contribution in [0.4, 0.5) is 5.69 Å². The third kappa shape index (κ3) is 3.25. The van der Waals surface area contributed by atoms with Gasteiger partial charge in [-0.3, -0.25) is 0 Å². The lowest BCUT2D eigenvalue weighted by Gasteiger charge is -2.27. The number of halogens is 1. The molecule has 0 spiro atoms. The summed E-state index contributed by atoms with van der Waals surface area (Å²) < 4.78 is 1.14. The van der Waals surface area contributed by atoms with Gasteiger partial charge in [-0.25, -0.2) is 0 Å². The molecule has 1 aliphatic carbocycles. The molecule has 0 atom stereocenters. The monoisotopic (exact) mass is 350 g/mol. The molecule has 0 radical (unpaired) electrons. The summed E-state index contributed by atoms with van der Waals surface area (Å²) in [5, 5.41) is 2.16. The van der Waals surface area contributed by atoms with Crippen LogP contribution in [0, 0.1) is 0 Å². The Kier molecular flexibility index (Phi) is 4.44. The van der Waals surface area contributed by atoms with Gasteiger partial charge in [0.15, 0.2) is 0 Å². The molecular formula is C16H19BrN2S. The van der Waals surface area contributed by atoms with Crippen molar-refractivity contribution in [1.82, 2.24) is 0 Å². The van der Waals surface area contributed by atoms with Crippen LogP contribution in [-0.2, 0) is 13.0 Å². The Balaban J connectivity index is 1.90. The van der Waals surface area contributed by atoms with Crippen molar-refractivity contribution in [2.75, 3.05) is 11.4 Å². The van der Waals surface area contributed by atoms with Crippen LogP contribution in [0.25, 0.3) is 0 Å². The van der Waals surface area contributed by atoms with Crippen molar-refractivity contribution >= 4 is 33.0 Å². The van der Waals surface area contributed by atoms with Crippen molar-refractivity contribution in [1.29, 1.82) is 0 Å². The zero-order chi connectivity index (χ0) is 13.9. The lowest BCUT2D eigenvalue weighted by Crippen LogP contribution is -2.26. The Morgan fingerprint density at radius 3 is 2.80 bits per heavy atom. The van der Waals surface area contributed by atoms with E-state index in [1.165, 1.54) is 29.0 Å². The van der Waals surface area contributed by atoms with Gasteiger partial charge in [-0.05, 0) is 61.0 Å². The quantitative estimate of drug-likeness (QED) is 0.846. The molecule has 106 valence electrons. The number of anilines is 1. The first-order valence-electron chi connectivity index (χ1n) is 7.05. The molecule has 0 saturated heterocycles. The van der Waals surface area contributed by atoms with Crippen LogP contribution < -0.4 is 10.6 Å². The summed E-state index contributed by atoms with van der Waals surface area (Å²) in [5.74, 6) is 0. The normalized spacial score (nSPS) is 14.5. The van der Waals surface area contributed by atoms with Gasteiger partial charge in [0.1, 0.15) is 0 Å². The van der Waals surface area contributed by atoms with Gasteiger partial charge in [0.2, 0.25) is 0 Å². The van der Waals surface area contributed by atoms with Crippen molar-refractivity contribution < 1.29 is 0 Å². The summed E-state index contributed by atoms with van der Waals surface area (Å²) in [6.45, 7) is 1.71. The average Bonchev–Trinajstić information content (AvgIpc) is 3.15. The van der Waals surface area contributed by atoms with Gasteiger partial charge < -0.3 is 10.6 Å². The summed E-state index contributed by atoms with van der Waals surface area (Å²) in [4.78, 5) is 3.99. The summed E-state index contributed by atoms with van der Waals surface area (Å²) in [6.07, 6.45) is 3.55. The Hall–Kier alpha value is -0.840. The van der Waals surface area contributed by atoms with Crippen molar-refractivity contribution in [2.45, 2.75) is 31.8 Å². The number of hydrogen-bond donors (Lipinski definition) is 1. The van der Waals surface area contributed by atoms with Gasteiger partial charge in [0.05, 0.1) is 6.54 Å². The fraction of sp³-hybridized carbons (Fsp3) is 0.375. The zero-order valence-corrected chi connectivity index (χ0v) is 13.8. The van der Waals surface area contributed by atoms with Crippen molar-refractivity contribution in [3.05, 3.63) is 50.6 Å². The number of thiophene rings is 1. The predicted molar refractivity (Wildman–Crippen MR) is 90.4 cm³/mol. The van der Waals surface area contributed by atoms with Gasteiger partial charge in [-0.2, -0.15) is 0 Å². The van der Waals surface area contributed by atoms with Gasteiger partial charge in [-0.15, -0.1) is 11.3 Å². The third-order valence-electron chi connectivity index (χ3n) is 3.66. The van der Waals surface area contributed by atoms with E-state index in [0.29, 0.717) is 12.6 Å².